The van der Waals surface area contributed by atoms with Gasteiger partial charge < -0.3 is 15.4 Å². The van der Waals surface area contributed by atoms with Gasteiger partial charge in [-0.3, -0.25) is 14.4 Å². The Hall–Kier alpha value is -2.59. The molecule has 1 aliphatic heterocycles. The molecule has 0 aromatic heterocycles. The summed E-state index contributed by atoms with van der Waals surface area (Å²) < 4.78 is 44.4. The Labute approximate surface area is 205 Å². The maximum Gasteiger partial charge on any atom is 0.416 e. The van der Waals surface area contributed by atoms with E-state index in [1.54, 1.807) is 6.07 Å². The molecule has 1 heterocycles. The van der Waals surface area contributed by atoms with Gasteiger partial charge in [0.05, 0.1) is 32.9 Å². The molecular weight excluding hydrogens is 541 g/mol. The molecule has 3 fully saturated rings. The minimum absolute atomic E-state index is 0.0203. The minimum atomic E-state index is -4.59. The normalized spacial score (nSPS) is 29.1. The first-order valence-electron chi connectivity index (χ1n) is 10.5. The van der Waals surface area contributed by atoms with Gasteiger partial charge in [0, 0.05) is 17.2 Å². The number of anilines is 2. The van der Waals surface area contributed by atoms with Gasteiger partial charge in [0.1, 0.15) is 6.10 Å². The van der Waals surface area contributed by atoms with E-state index in [1.165, 1.54) is 18.2 Å². The average Bonchev–Trinajstić information content (AvgIpc) is 3.39. The van der Waals surface area contributed by atoms with Gasteiger partial charge in [-0.05, 0) is 48.7 Å². The number of fused-ring (bicyclic) bond motifs is 1. The number of nitrogens with one attached hydrogen (secondary N) is 2. The molecule has 0 radical (unpaired) electrons. The molecule has 5 rings (SSSR count). The fourth-order valence-corrected chi connectivity index (χ4v) is 6.50. The van der Waals surface area contributed by atoms with Crippen LogP contribution in [0.3, 0.4) is 0 Å². The van der Waals surface area contributed by atoms with Crippen LogP contribution in [0.25, 0.3) is 0 Å². The first-order chi connectivity index (χ1) is 16.0. The number of rotatable bonds is 4. The van der Waals surface area contributed by atoms with E-state index in [4.69, 9.17) is 16.3 Å². The maximum atomic E-state index is 13.1. The van der Waals surface area contributed by atoms with Crippen molar-refractivity contribution >= 4 is 56.7 Å². The van der Waals surface area contributed by atoms with Gasteiger partial charge in [-0.15, -0.1) is 0 Å². The molecule has 0 unspecified atom stereocenters. The van der Waals surface area contributed by atoms with Crippen molar-refractivity contribution in [3.05, 3.63) is 58.6 Å². The van der Waals surface area contributed by atoms with Crippen LogP contribution in [0.4, 0.5) is 24.5 Å². The van der Waals surface area contributed by atoms with Crippen LogP contribution in [-0.4, -0.2) is 28.7 Å². The molecule has 11 heteroatoms. The third kappa shape index (κ3) is 3.86. The Balaban J connectivity index is 1.31. The van der Waals surface area contributed by atoms with E-state index >= 15 is 0 Å². The smallest absolute Gasteiger partial charge is 0.416 e. The lowest BCUT2D eigenvalue weighted by Gasteiger charge is -2.27. The highest BCUT2D eigenvalue weighted by Gasteiger charge is 2.67. The minimum Gasteiger partial charge on any atom is -0.461 e. The molecule has 2 aromatic rings. The predicted octanol–water partition coefficient (Wildman–Crippen LogP) is 5.12. The third-order valence-electron chi connectivity index (χ3n) is 6.76. The highest BCUT2D eigenvalue weighted by atomic mass is 79.9. The molecule has 0 spiro atoms. The molecule has 2 saturated carbocycles. The van der Waals surface area contributed by atoms with E-state index in [0.717, 1.165) is 24.6 Å². The monoisotopic (exact) mass is 556 g/mol. The fraction of sp³-hybridized carbons (Fsp3) is 0.348. The summed E-state index contributed by atoms with van der Waals surface area (Å²) >= 11 is 9.52. The van der Waals surface area contributed by atoms with Crippen molar-refractivity contribution in [2.45, 2.75) is 23.5 Å². The van der Waals surface area contributed by atoms with E-state index in [-0.39, 0.29) is 50.9 Å². The number of halogens is 5. The first kappa shape index (κ1) is 23.2. The van der Waals surface area contributed by atoms with Crippen LogP contribution in [0, 0.1) is 23.7 Å². The number of hydrogen-bond acceptors (Lipinski definition) is 4. The van der Waals surface area contributed by atoms with Crippen molar-refractivity contribution in [1.82, 2.24) is 0 Å². The number of hydrogen-bond donors (Lipinski definition) is 2. The van der Waals surface area contributed by atoms with E-state index in [9.17, 15) is 27.6 Å². The van der Waals surface area contributed by atoms with Crippen LogP contribution in [0.1, 0.15) is 22.3 Å². The lowest BCUT2D eigenvalue weighted by Crippen LogP contribution is -2.40. The Morgan fingerprint density at radius 2 is 1.85 bits per heavy atom. The lowest BCUT2D eigenvalue weighted by molar-refractivity contribution is -0.145. The SMILES string of the molecule is O=C(Nc1cc(C(F)(F)F)ccc1Cl)c1cccc(NC(=O)[C@@H]2[C@H]3C[C@H]4[C@H](OC(=O)[C@@H]42)[C@@H]3Br)c1. The van der Waals surface area contributed by atoms with Crippen molar-refractivity contribution < 1.29 is 32.3 Å². The molecule has 6 atom stereocenters. The summed E-state index contributed by atoms with van der Waals surface area (Å²) in [6, 6.07) is 8.62. The molecule has 2 amide bonds. The fourth-order valence-electron chi connectivity index (χ4n) is 5.29. The average molecular weight is 558 g/mol. The molecule has 3 aliphatic rings. The predicted molar refractivity (Wildman–Crippen MR) is 121 cm³/mol. The molecule has 2 aromatic carbocycles. The molecule has 1 saturated heterocycles. The van der Waals surface area contributed by atoms with Crippen molar-refractivity contribution in [2.75, 3.05) is 10.6 Å². The lowest BCUT2D eigenvalue weighted by atomic mass is 9.79. The summed E-state index contributed by atoms with van der Waals surface area (Å²) in [5.41, 5.74) is -0.699. The Kier molecular flexibility index (Phi) is 5.63. The number of alkyl halides is 4. The molecule has 6 nitrogen and oxygen atoms in total. The summed E-state index contributed by atoms with van der Waals surface area (Å²) in [5, 5.41) is 5.10. The molecule has 2 bridgehead atoms. The van der Waals surface area contributed by atoms with Gasteiger partial charge in [0.25, 0.3) is 5.91 Å². The van der Waals surface area contributed by atoms with Crippen LogP contribution in [0.15, 0.2) is 42.5 Å². The van der Waals surface area contributed by atoms with E-state index in [0.29, 0.717) is 5.69 Å². The van der Waals surface area contributed by atoms with Gasteiger partial charge in [-0.2, -0.15) is 13.2 Å². The number of esters is 1. The number of carbonyl (C=O) groups is 3. The quantitative estimate of drug-likeness (QED) is 0.404. The van der Waals surface area contributed by atoms with Crippen molar-refractivity contribution in [3.8, 4) is 0 Å². The highest BCUT2D eigenvalue weighted by Crippen LogP contribution is 2.60. The van der Waals surface area contributed by atoms with Crippen molar-refractivity contribution in [3.63, 3.8) is 0 Å². The molecule has 178 valence electrons. The highest BCUT2D eigenvalue weighted by molar-refractivity contribution is 9.09. The molecule has 34 heavy (non-hydrogen) atoms. The Morgan fingerprint density at radius 3 is 2.59 bits per heavy atom. The van der Waals surface area contributed by atoms with Gasteiger partial charge in [0.2, 0.25) is 5.91 Å². The van der Waals surface area contributed by atoms with Crippen LogP contribution >= 0.6 is 27.5 Å². The molecular formula is C23H17BrClF3N2O4. The summed E-state index contributed by atoms with van der Waals surface area (Å²) in [4.78, 5) is 38.0. The van der Waals surface area contributed by atoms with Crippen LogP contribution in [0.2, 0.25) is 5.02 Å². The maximum absolute atomic E-state index is 13.1. The standard InChI is InChI=1S/C23H17BrClF3N2O4/c24-18-12-8-13-17(22(33)34-19(13)18)16(12)21(32)29-11-3-1-2-9(6-11)20(31)30-15-7-10(23(26,27)28)4-5-14(15)25/h1-7,12-13,16-19H,8H2,(H,29,32)(H,30,31)/t12-,13-,16-,17+,18-,19+/m1/s1. The van der Waals surface area contributed by atoms with Gasteiger partial charge in [-0.1, -0.05) is 33.6 Å². The van der Waals surface area contributed by atoms with Crippen molar-refractivity contribution in [2.24, 2.45) is 23.7 Å². The number of carbonyl (C=O) groups excluding carboxylic acids is 3. The topological polar surface area (TPSA) is 84.5 Å². The van der Waals surface area contributed by atoms with Gasteiger partial charge in [0.15, 0.2) is 0 Å². The van der Waals surface area contributed by atoms with E-state index < -0.39 is 29.5 Å². The zero-order chi connectivity index (χ0) is 24.4. The number of benzene rings is 2. The Bertz CT molecular complexity index is 1210. The zero-order valence-corrected chi connectivity index (χ0v) is 19.6. The van der Waals surface area contributed by atoms with Gasteiger partial charge >= 0.3 is 12.1 Å². The third-order valence-corrected chi connectivity index (χ3v) is 8.29. The van der Waals surface area contributed by atoms with E-state index in [1.807, 2.05) is 0 Å². The summed E-state index contributed by atoms with van der Waals surface area (Å²) in [6.07, 6.45) is -4.05. The number of amides is 2. The van der Waals surface area contributed by atoms with Crippen molar-refractivity contribution in [1.29, 1.82) is 0 Å². The van der Waals surface area contributed by atoms with Crippen LogP contribution in [-0.2, 0) is 20.5 Å². The second-order valence-electron chi connectivity index (χ2n) is 8.68. The summed E-state index contributed by atoms with van der Waals surface area (Å²) in [5.74, 6) is -2.41. The van der Waals surface area contributed by atoms with Crippen LogP contribution in [0.5, 0.6) is 0 Å². The second kappa shape index (κ2) is 8.27. The van der Waals surface area contributed by atoms with Crippen LogP contribution < -0.4 is 10.6 Å². The summed E-state index contributed by atoms with van der Waals surface area (Å²) in [6.45, 7) is 0. The first-order valence-corrected chi connectivity index (χ1v) is 11.8. The largest absolute Gasteiger partial charge is 0.461 e. The second-order valence-corrected chi connectivity index (χ2v) is 10.1. The number of ether oxygens (including phenoxy) is 1. The summed E-state index contributed by atoms with van der Waals surface area (Å²) in [7, 11) is 0. The molecule has 2 N–H and O–H groups in total. The van der Waals surface area contributed by atoms with E-state index in [2.05, 4.69) is 26.6 Å². The van der Waals surface area contributed by atoms with Gasteiger partial charge in [-0.25, -0.2) is 0 Å². The zero-order valence-electron chi connectivity index (χ0n) is 17.2. The molecule has 2 aliphatic carbocycles. The Morgan fingerprint density at radius 1 is 1.09 bits per heavy atom.